The molecule has 1 aromatic heterocycles. The molecule has 0 aliphatic carbocycles. The van der Waals surface area contributed by atoms with Crippen molar-refractivity contribution >= 4 is 39.2 Å². The fourth-order valence-corrected chi connectivity index (χ4v) is 4.28. The fraction of sp³-hybridized carbons (Fsp3) is 0.200. The Balaban J connectivity index is 2.55. The summed E-state index contributed by atoms with van der Waals surface area (Å²) in [7, 11) is 0. The van der Waals surface area contributed by atoms with Crippen molar-refractivity contribution in [3.05, 3.63) is 29.8 Å². The van der Waals surface area contributed by atoms with Gasteiger partial charge in [0, 0.05) is 0 Å². The third-order valence-electron chi connectivity index (χ3n) is 3.25. The molecule has 5 N–H and O–H groups in total. The summed E-state index contributed by atoms with van der Waals surface area (Å²) in [6.07, 6.45) is -6.33. The summed E-state index contributed by atoms with van der Waals surface area (Å²) in [5.41, 5.74) is 4.99. The van der Waals surface area contributed by atoms with Gasteiger partial charge in [0.1, 0.15) is 16.9 Å². The van der Waals surface area contributed by atoms with Crippen molar-refractivity contribution in [2.24, 2.45) is 5.73 Å². The summed E-state index contributed by atoms with van der Waals surface area (Å²) in [4.78, 5) is 23.1. The molecule has 0 aliphatic rings. The number of anilines is 1. The van der Waals surface area contributed by atoms with E-state index in [0.717, 1.165) is 19.1 Å². The highest BCUT2D eigenvalue weighted by Gasteiger charge is 2.31. The lowest BCUT2D eigenvalue weighted by Gasteiger charge is -2.09. The Hall–Kier alpha value is -2.48. The number of carbonyl (C=O) groups excluding carboxylic acids is 2. The molecule has 1 heterocycles. The minimum Gasteiger partial charge on any atom is -0.406 e. The molecule has 0 bridgehead atoms. The lowest BCUT2D eigenvalue weighted by atomic mass is 10.1. The van der Waals surface area contributed by atoms with Crippen LogP contribution in [0.3, 0.4) is 0 Å². The minimum atomic E-state index is -4.89. The molecule has 13 heteroatoms. The minimum absolute atomic E-state index is 0.0223. The first-order valence-corrected chi connectivity index (χ1v) is 9.25. The van der Waals surface area contributed by atoms with Crippen LogP contribution in [-0.2, 0) is 15.9 Å². The second-order valence-corrected chi connectivity index (χ2v) is 7.24. The average molecular weight is 438 g/mol. The zero-order valence-corrected chi connectivity index (χ0v) is 15.6. The number of aliphatic hydroxyl groups is 1. The number of rotatable bonds is 6. The Bertz CT molecular complexity index is 925. The van der Waals surface area contributed by atoms with Gasteiger partial charge in [0.15, 0.2) is 11.1 Å². The summed E-state index contributed by atoms with van der Waals surface area (Å²) >= 11 is -2.01. The topological polar surface area (TPSA) is 139 Å². The van der Waals surface area contributed by atoms with Crippen LogP contribution in [0.4, 0.5) is 18.2 Å². The highest BCUT2D eigenvalue weighted by Crippen LogP contribution is 2.42. The molecule has 28 heavy (non-hydrogen) atoms. The summed E-state index contributed by atoms with van der Waals surface area (Å²) in [6.45, 7) is 1.16. The molecule has 2 aromatic rings. The number of benzene rings is 1. The second-order valence-electron chi connectivity index (χ2n) is 5.32. The molecule has 0 saturated heterocycles. The Kier molecular flexibility index (Phi) is 6.44. The van der Waals surface area contributed by atoms with Gasteiger partial charge >= 0.3 is 6.36 Å². The first-order valence-electron chi connectivity index (χ1n) is 7.33. The van der Waals surface area contributed by atoms with E-state index in [9.17, 15) is 36.6 Å². The van der Waals surface area contributed by atoms with Crippen molar-refractivity contribution in [1.29, 1.82) is 0 Å². The van der Waals surface area contributed by atoms with E-state index in [1.165, 1.54) is 12.1 Å². The van der Waals surface area contributed by atoms with E-state index in [1.807, 2.05) is 0 Å². The number of nitrogens with two attached hydrogens (primary N) is 1. The van der Waals surface area contributed by atoms with Crippen LogP contribution in [-0.4, -0.2) is 38.1 Å². The molecule has 0 aliphatic heterocycles. The largest absolute Gasteiger partial charge is 0.573 e. The number of thiophene rings is 1. The second kappa shape index (κ2) is 8.26. The van der Waals surface area contributed by atoms with Gasteiger partial charge in [-0.15, -0.1) is 24.5 Å². The van der Waals surface area contributed by atoms with Crippen LogP contribution in [0.1, 0.15) is 17.3 Å². The first kappa shape index (κ1) is 21.8. The summed E-state index contributed by atoms with van der Waals surface area (Å²) in [5.74, 6) is -2.52. The van der Waals surface area contributed by atoms with E-state index in [0.29, 0.717) is 11.3 Å². The van der Waals surface area contributed by atoms with Gasteiger partial charge in [0.05, 0.1) is 15.3 Å². The molecule has 2 amide bonds. The predicted octanol–water partition coefficient (Wildman–Crippen LogP) is 2.31. The smallest absolute Gasteiger partial charge is 0.406 e. The molecular formula is C15H13F3N2O6S2. The molecule has 2 rings (SSSR count). The zero-order chi connectivity index (χ0) is 21.2. The van der Waals surface area contributed by atoms with Crippen molar-refractivity contribution in [2.45, 2.75) is 24.3 Å². The van der Waals surface area contributed by atoms with E-state index < -0.39 is 51.6 Å². The molecule has 1 aromatic carbocycles. The monoisotopic (exact) mass is 438 g/mol. The van der Waals surface area contributed by atoms with Crippen LogP contribution in [0.5, 0.6) is 5.75 Å². The fourth-order valence-electron chi connectivity index (χ4n) is 2.11. The maximum absolute atomic E-state index is 12.3. The number of primary amides is 1. The van der Waals surface area contributed by atoms with Crippen molar-refractivity contribution < 1.29 is 41.4 Å². The number of amides is 2. The number of hydrogen-bond acceptors (Lipinski definition) is 6. The van der Waals surface area contributed by atoms with Crippen molar-refractivity contribution in [1.82, 2.24) is 0 Å². The standard InChI is InChI=1S/C15H13F3N2O6S2/c1-6(21)13(23)20-14-9(12(19)22)11(28(24)25)10(27-14)7-2-4-8(5-3-7)26-15(16,17)18/h2-6,21H,1H3,(H2,19,22)(H,20,23)(H,24,25)/t6-/m1/s1. The summed E-state index contributed by atoms with van der Waals surface area (Å²) in [5, 5.41) is 11.3. The number of alkyl halides is 3. The Morgan fingerprint density at radius 2 is 1.86 bits per heavy atom. The third-order valence-corrected chi connectivity index (χ3v) is 5.29. The Morgan fingerprint density at radius 3 is 2.29 bits per heavy atom. The molecule has 0 fully saturated rings. The maximum Gasteiger partial charge on any atom is 0.573 e. The van der Waals surface area contributed by atoms with Crippen LogP contribution >= 0.6 is 11.3 Å². The molecule has 0 radical (unpaired) electrons. The highest BCUT2D eigenvalue weighted by molar-refractivity contribution is 7.79. The third kappa shape index (κ3) is 5.07. The van der Waals surface area contributed by atoms with Gasteiger partial charge in [-0.25, -0.2) is 4.21 Å². The highest BCUT2D eigenvalue weighted by atomic mass is 32.2. The van der Waals surface area contributed by atoms with E-state index in [-0.39, 0.29) is 15.4 Å². The van der Waals surface area contributed by atoms with Gasteiger partial charge in [-0.1, -0.05) is 0 Å². The molecule has 8 nitrogen and oxygen atoms in total. The van der Waals surface area contributed by atoms with Gasteiger partial charge in [0.2, 0.25) is 0 Å². The van der Waals surface area contributed by atoms with E-state index in [1.54, 1.807) is 0 Å². The number of carbonyl (C=O) groups is 2. The zero-order valence-electron chi connectivity index (χ0n) is 13.9. The van der Waals surface area contributed by atoms with Gasteiger partial charge in [-0.3, -0.25) is 9.59 Å². The molecule has 0 saturated carbocycles. The first-order chi connectivity index (χ1) is 12.9. The Morgan fingerprint density at radius 1 is 1.29 bits per heavy atom. The van der Waals surface area contributed by atoms with Gasteiger partial charge in [0.25, 0.3) is 11.8 Å². The molecular weight excluding hydrogens is 425 g/mol. The summed E-state index contributed by atoms with van der Waals surface area (Å²) < 4.78 is 61.9. The number of hydrogen-bond donors (Lipinski definition) is 4. The lowest BCUT2D eigenvalue weighted by molar-refractivity contribution is -0.274. The van der Waals surface area contributed by atoms with Crippen LogP contribution in [0.2, 0.25) is 0 Å². The van der Waals surface area contributed by atoms with E-state index in [4.69, 9.17) is 5.73 Å². The van der Waals surface area contributed by atoms with Crippen LogP contribution in [0.15, 0.2) is 29.2 Å². The number of ether oxygens (including phenoxy) is 1. The number of nitrogens with one attached hydrogen (secondary N) is 1. The van der Waals surface area contributed by atoms with Crippen molar-refractivity contribution in [2.75, 3.05) is 5.32 Å². The molecule has 2 atom stereocenters. The van der Waals surface area contributed by atoms with Crippen LogP contribution in [0.25, 0.3) is 10.4 Å². The molecule has 152 valence electrons. The summed E-state index contributed by atoms with van der Waals surface area (Å²) in [6, 6.07) is 4.30. The van der Waals surface area contributed by atoms with Gasteiger partial charge in [-0.05, 0) is 36.8 Å². The lowest BCUT2D eigenvalue weighted by Crippen LogP contribution is -2.25. The van der Waals surface area contributed by atoms with Crippen LogP contribution in [0, 0.1) is 0 Å². The quantitative estimate of drug-likeness (QED) is 0.511. The number of aliphatic hydroxyl groups excluding tert-OH is 1. The van der Waals surface area contributed by atoms with Crippen molar-refractivity contribution in [3.8, 4) is 16.2 Å². The van der Waals surface area contributed by atoms with Gasteiger partial charge < -0.3 is 25.4 Å². The Labute approximate surface area is 162 Å². The predicted molar refractivity (Wildman–Crippen MR) is 94.3 cm³/mol. The molecule has 0 spiro atoms. The molecule has 1 unspecified atom stereocenters. The van der Waals surface area contributed by atoms with Gasteiger partial charge in [-0.2, -0.15) is 0 Å². The number of halogens is 3. The maximum atomic E-state index is 12.3. The van der Waals surface area contributed by atoms with Crippen molar-refractivity contribution in [3.63, 3.8) is 0 Å². The van der Waals surface area contributed by atoms with E-state index in [2.05, 4.69) is 10.1 Å². The normalized spacial score (nSPS) is 13.6. The van der Waals surface area contributed by atoms with E-state index >= 15 is 0 Å². The SMILES string of the molecule is C[C@@H](O)C(=O)Nc1sc(-c2ccc(OC(F)(F)F)cc2)c(S(=O)O)c1C(N)=O. The van der Waals surface area contributed by atoms with Crippen LogP contribution < -0.4 is 15.8 Å². The average Bonchev–Trinajstić information content (AvgIpc) is 2.93.